The number of hydrogen-bond acceptors (Lipinski definition) is 5. The number of rotatable bonds is 19. The summed E-state index contributed by atoms with van der Waals surface area (Å²) in [5.41, 5.74) is 0. The highest BCUT2D eigenvalue weighted by atomic mass is 16.7. The first-order chi connectivity index (χ1) is 13.7. The SMILES string of the molecule is CCCCCCCCCCCC/C=C/[C@@H](OCOC)[C@H](O)/C=C/C(=O)OCC. The van der Waals surface area contributed by atoms with Gasteiger partial charge in [-0.25, -0.2) is 4.79 Å². The third-order valence-corrected chi connectivity index (χ3v) is 4.48. The molecule has 0 aliphatic carbocycles. The number of carbonyl (C=O) groups excluding carboxylic acids is 1. The molecule has 0 radical (unpaired) electrons. The van der Waals surface area contributed by atoms with Crippen molar-refractivity contribution >= 4 is 5.97 Å². The quantitative estimate of drug-likeness (QED) is 0.105. The van der Waals surface area contributed by atoms with Gasteiger partial charge in [-0.3, -0.25) is 0 Å². The summed E-state index contributed by atoms with van der Waals surface area (Å²) >= 11 is 0. The third kappa shape index (κ3) is 17.0. The maximum atomic E-state index is 11.4. The molecule has 0 rings (SSSR count). The van der Waals surface area contributed by atoms with Gasteiger partial charge < -0.3 is 19.3 Å². The molecule has 0 unspecified atom stereocenters. The topological polar surface area (TPSA) is 65.0 Å². The van der Waals surface area contributed by atoms with Crippen LogP contribution < -0.4 is 0 Å². The van der Waals surface area contributed by atoms with Gasteiger partial charge in [0.1, 0.15) is 19.0 Å². The van der Waals surface area contributed by atoms with Gasteiger partial charge in [0.05, 0.1) is 6.61 Å². The van der Waals surface area contributed by atoms with Crippen molar-refractivity contribution in [3.8, 4) is 0 Å². The molecular weight excluding hydrogens is 356 g/mol. The van der Waals surface area contributed by atoms with Crippen LogP contribution in [0.3, 0.4) is 0 Å². The van der Waals surface area contributed by atoms with Crippen molar-refractivity contribution in [2.24, 2.45) is 0 Å². The first-order valence-corrected chi connectivity index (χ1v) is 11.0. The van der Waals surface area contributed by atoms with Crippen LogP contribution in [0.15, 0.2) is 24.3 Å². The number of hydrogen-bond donors (Lipinski definition) is 1. The van der Waals surface area contributed by atoms with Crippen molar-refractivity contribution in [1.82, 2.24) is 0 Å². The fraction of sp³-hybridized carbons (Fsp3) is 0.783. The van der Waals surface area contributed by atoms with Crippen LogP contribution in [0, 0.1) is 0 Å². The summed E-state index contributed by atoms with van der Waals surface area (Å²) in [4.78, 5) is 11.4. The number of methoxy groups -OCH3 is 1. The highest BCUT2D eigenvalue weighted by Crippen LogP contribution is 2.12. The van der Waals surface area contributed by atoms with Crippen molar-refractivity contribution in [2.45, 2.75) is 96.7 Å². The molecule has 0 aliphatic heterocycles. The van der Waals surface area contributed by atoms with Crippen LogP contribution in [0.1, 0.15) is 84.5 Å². The van der Waals surface area contributed by atoms with Gasteiger partial charge in [0.15, 0.2) is 0 Å². The van der Waals surface area contributed by atoms with E-state index in [9.17, 15) is 9.90 Å². The number of allylic oxidation sites excluding steroid dienone is 1. The molecule has 28 heavy (non-hydrogen) atoms. The Morgan fingerprint density at radius 3 is 2.11 bits per heavy atom. The number of unbranched alkanes of at least 4 members (excludes halogenated alkanes) is 10. The van der Waals surface area contributed by atoms with Gasteiger partial charge in [-0.15, -0.1) is 0 Å². The molecule has 0 spiro atoms. The zero-order valence-electron chi connectivity index (χ0n) is 18.2. The lowest BCUT2D eigenvalue weighted by molar-refractivity contribution is -0.137. The van der Waals surface area contributed by atoms with Crippen LogP contribution in [0.5, 0.6) is 0 Å². The van der Waals surface area contributed by atoms with Gasteiger partial charge in [-0.1, -0.05) is 76.9 Å². The van der Waals surface area contributed by atoms with E-state index in [-0.39, 0.29) is 6.79 Å². The van der Waals surface area contributed by atoms with Crippen LogP contribution in [-0.4, -0.2) is 43.8 Å². The summed E-state index contributed by atoms with van der Waals surface area (Å²) in [7, 11) is 1.53. The Morgan fingerprint density at radius 1 is 0.929 bits per heavy atom. The summed E-state index contributed by atoms with van der Waals surface area (Å²) < 4.78 is 15.2. The largest absolute Gasteiger partial charge is 0.463 e. The Hall–Kier alpha value is -1.17. The predicted molar refractivity (Wildman–Crippen MR) is 114 cm³/mol. The van der Waals surface area contributed by atoms with Gasteiger partial charge in [0, 0.05) is 13.2 Å². The summed E-state index contributed by atoms with van der Waals surface area (Å²) in [6.07, 6.45) is 19.1. The maximum absolute atomic E-state index is 11.4. The summed E-state index contributed by atoms with van der Waals surface area (Å²) in [5, 5.41) is 10.2. The van der Waals surface area contributed by atoms with Gasteiger partial charge >= 0.3 is 5.97 Å². The summed E-state index contributed by atoms with van der Waals surface area (Å²) in [6, 6.07) is 0. The number of ether oxygens (including phenoxy) is 3. The molecule has 0 saturated carbocycles. The number of esters is 1. The zero-order valence-corrected chi connectivity index (χ0v) is 18.2. The molecular formula is C23H42O5. The molecule has 0 bridgehead atoms. The lowest BCUT2D eigenvalue weighted by Crippen LogP contribution is -2.26. The summed E-state index contributed by atoms with van der Waals surface area (Å²) in [6.45, 7) is 4.38. The van der Waals surface area contributed by atoms with E-state index < -0.39 is 18.2 Å². The highest BCUT2D eigenvalue weighted by Gasteiger charge is 2.14. The second-order valence-corrected chi connectivity index (χ2v) is 7.04. The molecule has 0 aromatic rings. The Kier molecular flexibility index (Phi) is 19.7. The van der Waals surface area contributed by atoms with E-state index in [4.69, 9.17) is 14.2 Å². The van der Waals surface area contributed by atoms with E-state index in [0.29, 0.717) is 6.61 Å². The zero-order chi connectivity index (χ0) is 20.9. The Bertz CT molecular complexity index is 406. The molecule has 0 saturated heterocycles. The average molecular weight is 399 g/mol. The van der Waals surface area contributed by atoms with Crippen molar-refractivity contribution in [3.63, 3.8) is 0 Å². The monoisotopic (exact) mass is 398 g/mol. The number of carbonyl (C=O) groups is 1. The number of aliphatic hydroxyl groups is 1. The lowest BCUT2D eigenvalue weighted by atomic mass is 10.1. The van der Waals surface area contributed by atoms with Crippen LogP contribution in [0.2, 0.25) is 0 Å². The van der Waals surface area contributed by atoms with Crippen LogP contribution in [0.4, 0.5) is 0 Å². The van der Waals surface area contributed by atoms with E-state index in [1.54, 1.807) is 6.92 Å². The van der Waals surface area contributed by atoms with Gasteiger partial charge in [-0.05, 0) is 25.8 Å². The highest BCUT2D eigenvalue weighted by molar-refractivity contribution is 5.81. The average Bonchev–Trinajstić information content (AvgIpc) is 2.69. The van der Waals surface area contributed by atoms with Crippen molar-refractivity contribution in [1.29, 1.82) is 0 Å². The van der Waals surface area contributed by atoms with Crippen LogP contribution in [0.25, 0.3) is 0 Å². The predicted octanol–water partition coefficient (Wildman–Crippen LogP) is 5.32. The molecule has 0 heterocycles. The van der Waals surface area contributed by atoms with E-state index in [0.717, 1.165) is 12.8 Å². The van der Waals surface area contributed by atoms with E-state index in [2.05, 4.69) is 6.92 Å². The molecule has 5 heteroatoms. The van der Waals surface area contributed by atoms with Gasteiger partial charge in [0.2, 0.25) is 0 Å². The molecule has 164 valence electrons. The lowest BCUT2D eigenvalue weighted by Gasteiger charge is -2.17. The van der Waals surface area contributed by atoms with Crippen molar-refractivity contribution < 1.29 is 24.1 Å². The van der Waals surface area contributed by atoms with E-state index in [1.165, 1.54) is 77.0 Å². The molecule has 1 N–H and O–H groups in total. The third-order valence-electron chi connectivity index (χ3n) is 4.48. The Morgan fingerprint density at radius 2 is 1.54 bits per heavy atom. The normalized spacial score (nSPS) is 14.0. The van der Waals surface area contributed by atoms with Crippen LogP contribution in [-0.2, 0) is 19.0 Å². The Balaban J connectivity index is 3.99. The first kappa shape index (κ1) is 26.8. The first-order valence-electron chi connectivity index (χ1n) is 11.0. The minimum Gasteiger partial charge on any atom is -0.463 e. The minimum atomic E-state index is -0.927. The smallest absolute Gasteiger partial charge is 0.330 e. The second kappa shape index (κ2) is 20.6. The van der Waals surface area contributed by atoms with Gasteiger partial charge in [0.25, 0.3) is 0 Å². The fourth-order valence-electron chi connectivity index (χ4n) is 2.87. The number of aliphatic hydroxyl groups excluding tert-OH is 1. The summed E-state index contributed by atoms with van der Waals surface area (Å²) in [5.74, 6) is -0.471. The molecule has 5 nitrogen and oxygen atoms in total. The molecule has 0 fully saturated rings. The van der Waals surface area contributed by atoms with E-state index in [1.807, 2.05) is 12.2 Å². The Labute approximate surface area is 172 Å². The molecule has 0 aliphatic rings. The second-order valence-electron chi connectivity index (χ2n) is 7.04. The molecule has 0 amide bonds. The van der Waals surface area contributed by atoms with E-state index >= 15 is 0 Å². The van der Waals surface area contributed by atoms with Gasteiger partial charge in [-0.2, -0.15) is 0 Å². The molecule has 0 aromatic heterocycles. The minimum absolute atomic E-state index is 0.0809. The fourth-order valence-corrected chi connectivity index (χ4v) is 2.87. The standard InChI is InChI=1S/C23H42O5/c1-4-6-7-8-9-10-11-12-13-14-15-16-17-22(28-20-26-3)21(24)18-19-23(25)27-5-2/h16-19,21-22,24H,4-15,20H2,1-3H3/b17-16+,19-18+/t21-,22-/m1/s1. The van der Waals surface area contributed by atoms with Crippen LogP contribution >= 0.6 is 0 Å². The molecule has 0 aromatic carbocycles. The van der Waals surface area contributed by atoms with Crippen molar-refractivity contribution in [3.05, 3.63) is 24.3 Å². The van der Waals surface area contributed by atoms with Crippen molar-refractivity contribution in [2.75, 3.05) is 20.5 Å². The maximum Gasteiger partial charge on any atom is 0.330 e. The molecule has 2 atom stereocenters.